The molecule has 2 N–H and O–H groups in total. The van der Waals surface area contributed by atoms with Crippen LogP contribution in [0.2, 0.25) is 5.02 Å². The van der Waals surface area contributed by atoms with Crippen LogP contribution in [0.25, 0.3) is 5.00 Å². The Hall–Kier alpha value is -3.49. The molecular formula is C26H24ClN5O2S. The maximum atomic E-state index is 12.7. The Morgan fingerprint density at radius 3 is 2.51 bits per heavy atom. The molecule has 7 nitrogen and oxygen atoms in total. The summed E-state index contributed by atoms with van der Waals surface area (Å²) in [7, 11) is 0. The number of halogens is 1. The minimum absolute atomic E-state index is 0.132. The molecule has 1 aliphatic rings. The van der Waals surface area contributed by atoms with Crippen LogP contribution in [0.15, 0.2) is 53.5 Å². The second kappa shape index (κ2) is 9.28. The fourth-order valence-corrected chi connectivity index (χ4v) is 5.57. The summed E-state index contributed by atoms with van der Waals surface area (Å²) in [5.74, 6) is 1.53. The first-order chi connectivity index (χ1) is 16.8. The number of hydrogen-bond donors (Lipinski definition) is 2. The second-order valence-electron chi connectivity index (χ2n) is 8.54. The predicted octanol–water partition coefficient (Wildman–Crippen LogP) is 5.92. The molecule has 3 heterocycles. The van der Waals surface area contributed by atoms with Crippen molar-refractivity contribution in [1.82, 2.24) is 14.8 Å². The Kier molecular flexibility index (Phi) is 6.17. The molecule has 0 unspecified atom stereocenters. The van der Waals surface area contributed by atoms with Crippen LogP contribution in [-0.2, 0) is 4.79 Å². The number of benzene rings is 2. The van der Waals surface area contributed by atoms with E-state index in [4.69, 9.17) is 16.6 Å². The standard InChI is InChI=1S/C26H24ClN5O2S/c1-14-15(2)35-26-23(14)24(17-4-6-18(27)7-5-17)29-21(25-31-30-16(3)32(25)26)12-13-22(34)28-19-8-10-20(33)11-9-19/h4-11,21,33H,12-13H2,1-3H3,(H,28,34)/t21-/m0/s1. The number of thiophene rings is 1. The third kappa shape index (κ3) is 4.47. The zero-order valence-corrected chi connectivity index (χ0v) is 21.1. The summed E-state index contributed by atoms with van der Waals surface area (Å²) in [6.45, 7) is 6.16. The molecule has 35 heavy (non-hydrogen) atoms. The lowest BCUT2D eigenvalue weighted by molar-refractivity contribution is -0.116. The molecule has 9 heteroatoms. The maximum absolute atomic E-state index is 12.7. The first-order valence-corrected chi connectivity index (χ1v) is 12.5. The van der Waals surface area contributed by atoms with Crippen molar-refractivity contribution in [2.45, 2.75) is 39.7 Å². The van der Waals surface area contributed by atoms with Gasteiger partial charge in [0, 0.05) is 33.1 Å². The lowest BCUT2D eigenvalue weighted by Gasteiger charge is -2.13. The van der Waals surface area contributed by atoms with Crippen molar-refractivity contribution >= 4 is 40.2 Å². The zero-order valence-electron chi connectivity index (χ0n) is 19.5. The number of aliphatic imine (C=N–C) groups is 1. The number of rotatable bonds is 5. The van der Waals surface area contributed by atoms with Crippen LogP contribution in [-0.4, -0.2) is 31.5 Å². The number of amides is 1. The number of phenolic OH excluding ortho intramolecular Hbond substituents is 1. The van der Waals surface area contributed by atoms with Crippen LogP contribution < -0.4 is 5.32 Å². The summed E-state index contributed by atoms with van der Waals surface area (Å²) in [4.78, 5) is 19.1. The molecule has 0 fully saturated rings. The van der Waals surface area contributed by atoms with Crippen molar-refractivity contribution in [2.24, 2.45) is 4.99 Å². The molecule has 0 saturated carbocycles. The highest BCUT2D eigenvalue weighted by Gasteiger charge is 2.31. The van der Waals surface area contributed by atoms with Crippen LogP contribution in [0, 0.1) is 20.8 Å². The van der Waals surface area contributed by atoms with E-state index in [9.17, 15) is 9.90 Å². The summed E-state index contributed by atoms with van der Waals surface area (Å²) in [6.07, 6.45) is 0.715. The monoisotopic (exact) mass is 505 g/mol. The average molecular weight is 506 g/mol. The Bertz CT molecular complexity index is 1440. The Balaban J connectivity index is 1.53. The molecule has 0 bridgehead atoms. The molecule has 1 aliphatic heterocycles. The summed E-state index contributed by atoms with van der Waals surface area (Å²) in [5.41, 5.74) is 4.70. The van der Waals surface area contributed by atoms with E-state index >= 15 is 0 Å². The molecule has 0 aliphatic carbocycles. The molecule has 2 aromatic carbocycles. The number of carbonyl (C=O) groups excluding carboxylic acids is 1. The smallest absolute Gasteiger partial charge is 0.224 e. The fraction of sp³-hybridized carbons (Fsp3) is 0.231. The first-order valence-electron chi connectivity index (χ1n) is 11.3. The minimum atomic E-state index is -0.355. The van der Waals surface area contributed by atoms with Gasteiger partial charge in [0.15, 0.2) is 5.82 Å². The van der Waals surface area contributed by atoms with Gasteiger partial charge in [-0.25, -0.2) is 0 Å². The summed E-state index contributed by atoms with van der Waals surface area (Å²) >= 11 is 7.86. The molecule has 4 aromatic rings. The number of fused-ring (bicyclic) bond motifs is 3. The van der Waals surface area contributed by atoms with Gasteiger partial charge in [-0.1, -0.05) is 23.7 Å². The summed E-state index contributed by atoms with van der Waals surface area (Å²) in [6, 6.07) is 13.7. The van der Waals surface area contributed by atoms with Crippen molar-refractivity contribution in [2.75, 3.05) is 5.32 Å². The van der Waals surface area contributed by atoms with E-state index in [0.29, 0.717) is 17.1 Å². The van der Waals surface area contributed by atoms with Gasteiger partial charge in [-0.05, 0) is 69.2 Å². The van der Waals surface area contributed by atoms with Crippen molar-refractivity contribution in [3.63, 3.8) is 0 Å². The van der Waals surface area contributed by atoms with E-state index in [1.165, 1.54) is 22.6 Å². The van der Waals surface area contributed by atoms with Crippen molar-refractivity contribution in [1.29, 1.82) is 0 Å². The lowest BCUT2D eigenvalue weighted by Crippen LogP contribution is -2.14. The topological polar surface area (TPSA) is 92.4 Å². The van der Waals surface area contributed by atoms with Gasteiger partial charge in [0.05, 0.1) is 5.71 Å². The number of aromatic nitrogens is 3. The molecule has 1 atom stereocenters. The average Bonchev–Trinajstić information content (AvgIpc) is 3.31. The molecule has 178 valence electrons. The summed E-state index contributed by atoms with van der Waals surface area (Å²) in [5, 5.41) is 22.9. The Morgan fingerprint density at radius 1 is 1.09 bits per heavy atom. The van der Waals surface area contributed by atoms with Crippen LogP contribution in [0.4, 0.5) is 5.69 Å². The lowest BCUT2D eigenvalue weighted by atomic mass is 9.99. The quantitative estimate of drug-likeness (QED) is 0.329. The number of nitrogens with zero attached hydrogens (tertiary/aromatic N) is 4. The van der Waals surface area contributed by atoms with E-state index < -0.39 is 0 Å². The van der Waals surface area contributed by atoms with E-state index in [1.807, 2.05) is 31.2 Å². The highest BCUT2D eigenvalue weighted by Crippen LogP contribution is 2.39. The largest absolute Gasteiger partial charge is 0.508 e. The molecule has 2 aromatic heterocycles. The Morgan fingerprint density at radius 2 is 1.80 bits per heavy atom. The van der Waals surface area contributed by atoms with Crippen molar-refractivity contribution in [3.8, 4) is 10.8 Å². The number of aryl methyl sites for hydroxylation is 2. The van der Waals surface area contributed by atoms with Crippen LogP contribution >= 0.6 is 22.9 Å². The molecular weight excluding hydrogens is 482 g/mol. The molecule has 0 saturated heterocycles. The number of phenols is 1. The van der Waals surface area contributed by atoms with Gasteiger partial charge in [0.1, 0.15) is 22.6 Å². The van der Waals surface area contributed by atoms with E-state index in [-0.39, 0.29) is 24.1 Å². The second-order valence-corrected chi connectivity index (χ2v) is 10.2. The van der Waals surface area contributed by atoms with Gasteiger partial charge in [0.25, 0.3) is 0 Å². The first kappa shape index (κ1) is 23.3. The van der Waals surface area contributed by atoms with Gasteiger partial charge in [-0.2, -0.15) is 0 Å². The van der Waals surface area contributed by atoms with Gasteiger partial charge < -0.3 is 10.4 Å². The highest BCUT2D eigenvalue weighted by molar-refractivity contribution is 7.15. The minimum Gasteiger partial charge on any atom is -0.508 e. The predicted molar refractivity (Wildman–Crippen MR) is 139 cm³/mol. The summed E-state index contributed by atoms with van der Waals surface area (Å²) < 4.78 is 2.08. The fourth-order valence-electron chi connectivity index (χ4n) is 4.23. The molecule has 5 rings (SSSR count). The van der Waals surface area contributed by atoms with Gasteiger partial charge in [-0.3, -0.25) is 14.4 Å². The Labute approximate surface area is 212 Å². The van der Waals surface area contributed by atoms with Crippen LogP contribution in [0.5, 0.6) is 5.75 Å². The SMILES string of the molecule is Cc1sc2c(c1C)C(c1ccc(Cl)cc1)=N[C@@H](CCC(=O)Nc1ccc(O)cc1)c1nnc(C)n1-2. The number of anilines is 1. The molecule has 0 radical (unpaired) electrons. The molecule has 0 spiro atoms. The van der Waals surface area contributed by atoms with Crippen molar-refractivity contribution in [3.05, 3.63) is 86.8 Å². The van der Waals surface area contributed by atoms with Gasteiger partial charge in [0.2, 0.25) is 5.91 Å². The van der Waals surface area contributed by atoms with E-state index in [1.54, 1.807) is 23.5 Å². The van der Waals surface area contributed by atoms with Crippen LogP contribution in [0.1, 0.15) is 52.1 Å². The van der Waals surface area contributed by atoms with Crippen LogP contribution in [0.3, 0.4) is 0 Å². The third-order valence-corrected chi connectivity index (χ3v) is 7.60. The van der Waals surface area contributed by atoms with E-state index in [0.717, 1.165) is 33.5 Å². The molecule has 1 amide bonds. The zero-order chi connectivity index (χ0) is 24.7. The normalized spacial score (nSPS) is 14.6. The van der Waals surface area contributed by atoms with Crippen molar-refractivity contribution < 1.29 is 9.90 Å². The van der Waals surface area contributed by atoms with E-state index in [2.05, 4.69) is 33.9 Å². The highest BCUT2D eigenvalue weighted by atomic mass is 35.5. The number of aromatic hydroxyl groups is 1. The number of hydrogen-bond acceptors (Lipinski definition) is 6. The van der Waals surface area contributed by atoms with Gasteiger partial charge >= 0.3 is 0 Å². The van der Waals surface area contributed by atoms with Gasteiger partial charge in [-0.15, -0.1) is 21.5 Å². The number of carbonyl (C=O) groups is 1. The maximum Gasteiger partial charge on any atom is 0.224 e. The number of nitrogens with one attached hydrogen (secondary N) is 1. The third-order valence-electron chi connectivity index (χ3n) is 6.15.